The predicted molar refractivity (Wildman–Crippen MR) is 126 cm³/mol. The van der Waals surface area contributed by atoms with Crippen LogP contribution in [0.4, 0.5) is 5.95 Å². The van der Waals surface area contributed by atoms with Gasteiger partial charge >= 0.3 is 0 Å². The van der Waals surface area contributed by atoms with Crippen LogP contribution in [0.15, 0.2) is 47.7 Å². The van der Waals surface area contributed by atoms with Gasteiger partial charge in [-0.25, -0.2) is 9.97 Å². The maximum absolute atomic E-state index is 6.14. The molecular formula is C21H29IN6O. The van der Waals surface area contributed by atoms with Crippen molar-refractivity contribution in [3.8, 4) is 5.75 Å². The van der Waals surface area contributed by atoms with E-state index in [-0.39, 0.29) is 24.0 Å². The molecule has 7 nitrogen and oxygen atoms in total. The van der Waals surface area contributed by atoms with Crippen LogP contribution in [0.1, 0.15) is 24.8 Å². The molecule has 4 rings (SSSR count). The number of aliphatic imine (C=N–C) groups is 1. The summed E-state index contributed by atoms with van der Waals surface area (Å²) in [6.45, 7) is 4.24. The molecule has 29 heavy (non-hydrogen) atoms. The van der Waals surface area contributed by atoms with E-state index >= 15 is 0 Å². The molecule has 1 aliphatic carbocycles. The number of piperazine rings is 1. The van der Waals surface area contributed by atoms with Gasteiger partial charge in [0.2, 0.25) is 5.95 Å². The van der Waals surface area contributed by atoms with E-state index in [4.69, 9.17) is 4.74 Å². The first kappa shape index (κ1) is 21.6. The van der Waals surface area contributed by atoms with Gasteiger partial charge in [-0.3, -0.25) is 4.99 Å². The van der Waals surface area contributed by atoms with Gasteiger partial charge in [0.15, 0.2) is 5.96 Å². The zero-order valence-electron chi connectivity index (χ0n) is 16.8. The van der Waals surface area contributed by atoms with Crippen molar-refractivity contribution < 1.29 is 4.74 Å². The van der Waals surface area contributed by atoms with Crippen molar-refractivity contribution in [2.75, 3.05) is 38.1 Å². The highest BCUT2D eigenvalue weighted by Gasteiger charge is 2.22. The van der Waals surface area contributed by atoms with E-state index in [9.17, 15) is 0 Å². The van der Waals surface area contributed by atoms with E-state index in [1.807, 2.05) is 19.2 Å². The zero-order chi connectivity index (χ0) is 19.2. The third-order valence-corrected chi connectivity index (χ3v) is 5.38. The number of halogens is 1. The minimum Gasteiger partial charge on any atom is -0.490 e. The maximum Gasteiger partial charge on any atom is 0.225 e. The molecule has 1 aromatic carbocycles. The Morgan fingerprint density at radius 3 is 2.48 bits per heavy atom. The number of hydrogen-bond donors (Lipinski definition) is 1. The summed E-state index contributed by atoms with van der Waals surface area (Å²) in [4.78, 5) is 17.7. The first-order chi connectivity index (χ1) is 13.8. The summed E-state index contributed by atoms with van der Waals surface area (Å²) in [5.41, 5.74) is 1.17. The molecular weight excluding hydrogens is 479 g/mol. The maximum atomic E-state index is 6.14. The lowest BCUT2D eigenvalue weighted by molar-refractivity contribution is 0.119. The summed E-state index contributed by atoms with van der Waals surface area (Å²) in [7, 11) is 1.84. The highest BCUT2D eigenvalue weighted by Crippen LogP contribution is 2.27. The Bertz CT molecular complexity index is 791. The van der Waals surface area contributed by atoms with Crippen LogP contribution in [0, 0.1) is 0 Å². The van der Waals surface area contributed by atoms with Gasteiger partial charge in [-0.15, -0.1) is 24.0 Å². The van der Waals surface area contributed by atoms with E-state index < -0.39 is 0 Å². The molecule has 2 aliphatic rings. The number of guanidine groups is 1. The van der Waals surface area contributed by atoms with Crippen molar-refractivity contribution in [3.05, 3.63) is 48.3 Å². The molecule has 0 radical (unpaired) electrons. The molecule has 1 saturated heterocycles. The van der Waals surface area contributed by atoms with Crippen LogP contribution in [0.25, 0.3) is 0 Å². The Balaban J connectivity index is 0.00000240. The van der Waals surface area contributed by atoms with Gasteiger partial charge in [0, 0.05) is 57.7 Å². The van der Waals surface area contributed by atoms with Crippen LogP contribution in [0.3, 0.4) is 0 Å². The molecule has 2 aromatic rings. The molecule has 0 spiro atoms. The Kier molecular flexibility index (Phi) is 7.91. The molecule has 2 fully saturated rings. The first-order valence-corrected chi connectivity index (χ1v) is 10.1. The quantitative estimate of drug-likeness (QED) is 0.381. The Morgan fingerprint density at radius 1 is 1.10 bits per heavy atom. The van der Waals surface area contributed by atoms with Crippen molar-refractivity contribution in [2.45, 2.75) is 31.9 Å². The van der Waals surface area contributed by atoms with Gasteiger partial charge in [-0.2, -0.15) is 0 Å². The molecule has 8 heteroatoms. The summed E-state index contributed by atoms with van der Waals surface area (Å²) in [5.74, 6) is 2.71. The minimum absolute atomic E-state index is 0. The van der Waals surface area contributed by atoms with Crippen LogP contribution < -0.4 is 15.0 Å². The lowest BCUT2D eigenvalue weighted by Crippen LogP contribution is -2.52. The monoisotopic (exact) mass is 508 g/mol. The van der Waals surface area contributed by atoms with Gasteiger partial charge < -0.3 is 19.9 Å². The second-order valence-corrected chi connectivity index (χ2v) is 7.20. The summed E-state index contributed by atoms with van der Waals surface area (Å²) < 4.78 is 6.14. The molecule has 1 saturated carbocycles. The van der Waals surface area contributed by atoms with Crippen molar-refractivity contribution >= 4 is 35.9 Å². The van der Waals surface area contributed by atoms with Crippen LogP contribution >= 0.6 is 24.0 Å². The second kappa shape index (κ2) is 10.6. The van der Waals surface area contributed by atoms with E-state index in [0.29, 0.717) is 12.6 Å². The smallest absolute Gasteiger partial charge is 0.225 e. The Hall–Kier alpha value is -2.10. The fourth-order valence-electron chi connectivity index (χ4n) is 3.51. The van der Waals surface area contributed by atoms with Gasteiger partial charge in [0.1, 0.15) is 5.75 Å². The summed E-state index contributed by atoms with van der Waals surface area (Å²) in [6, 6.07) is 10.1. The lowest BCUT2D eigenvalue weighted by Gasteiger charge is -2.36. The number of anilines is 1. The molecule has 2 heterocycles. The third-order valence-electron chi connectivity index (χ3n) is 5.38. The number of para-hydroxylation sites is 1. The van der Waals surface area contributed by atoms with Crippen molar-refractivity contribution in [3.63, 3.8) is 0 Å². The van der Waals surface area contributed by atoms with E-state index in [0.717, 1.165) is 43.8 Å². The van der Waals surface area contributed by atoms with Crippen molar-refractivity contribution in [2.24, 2.45) is 4.99 Å². The second-order valence-electron chi connectivity index (χ2n) is 7.20. The van der Waals surface area contributed by atoms with Crippen LogP contribution in [-0.4, -0.2) is 60.2 Å². The average molecular weight is 508 g/mol. The standard InChI is InChI=1S/C21H28N6O.HI/c1-22-20(26-12-14-27(15-13-26)21-23-10-5-11-24-21)25-16-17-6-2-3-9-19(17)28-18-7-4-8-18;/h2-3,5-6,9-11,18H,4,7-8,12-16H2,1H3,(H,22,25);1H. The van der Waals surface area contributed by atoms with Crippen LogP contribution in [-0.2, 0) is 6.54 Å². The summed E-state index contributed by atoms with van der Waals surface area (Å²) in [6.07, 6.45) is 7.57. The predicted octanol–water partition coefficient (Wildman–Crippen LogP) is 2.92. The molecule has 1 N–H and O–H groups in total. The number of rotatable bonds is 5. The molecule has 0 bridgehead atoms. The number of benzene rings is 1. The van der Waals surface area contributed by atoms with Crippen LogP contribution in [0.2, 0.25) is 0 Å². The van der Waals surface area contributed by atoms with E-state index in [1.165, 1.54) is 24.8 Å². The Labute approximate surface area is 189 Å². The topological polar surface area (TPSA) is 65.9 Å². The number of hydrogen-bond acceptors (Lipinski definition) is 5. The largest absolute Gasteiger partial charge is 0.490 e. The highest BCUT2D eigenvalue weighted by molar-refractivity contribution is 14.0. The average Bonchev–Trinajstić information content (AvgIpc) is 2.73. The molecule has 0 atom stereocenters. The van der Waals surface area contributed by atoms with Gasteiger partial charge in [-0.1, -0.05) is 18.2 Å². The molecule has 0 amide bonds. The van der Waals surface area contributed by atoms with Crippen molar-refractivity contribution in [1.29, 1.82) is 0 Å². The SMILES string of the molecule is CN=C(NCc1ccccc1OC1CCC1)N1CCN(c2ncccn2)CC1.I. The summed E-state index contributed by atoms with van der Waals surface area (Å²) in [5, 5.41) is 3.51. The fourth-order valence-corrected chi connectivity index (χ4v) is 3.51. The molecule has 0 unspecified atom stereocenters. The van der Waals surface area contributed by atoms with Crippen molar-refractivity contribution in [1.82, 2.24) is 20.2 Å². The third kappa shape index (κ3) is 5.49. The zero-order valence-corrected chi connectivity index (χ0v) is 19.2. The van der Waals surface area contributed by atoms with Crippen LogP contribution in [0.5, 0.6) is 5.75 Å². The normalized spacial score (nSPS) is 17.3. The fraction of sp³-hybridized carbons (Fsp3) is 0.476. The molecule has 1 aliphatic heterocycles. The first-order valence-electron chi connectivity index (χ1n) is 10.1. The number of ether oxygens (including phenoxy) is 1. The number of aromatic nitrogens is 2. The van der Waals surface area contributed by atoms with Gasteiger partial charge in [-0.05, 0) is 31.4 Å². The summed E-state index contributed by atoms with van der Waals surface area (Å²) >= 11 is 0. The highest BCUT2D eigenvalue weighted by atomic mass is 127. The Morgan fingerprint density at radius 2 is 1.83 bits per heavy atom. The lowest BCUT2D eigenvalue weighted by atomic mass is 9.96. The molecule has 156 valence electrons. The van der Waals surface area contributed by atoms with Gasteiger partial charge in [0.25, 0.3) is 0 Å². The van der Waals surface area contributed by atoms with Gasteiger partial charge in [0.05, 0.1) is 6.10 Å². The molecule has 1 aromatic heterocycles. The van der Waals surface area contributed by atoms with E-state index in [1.54, 1.807) is 12.4 Å². The minimum atomic E-state index is 0. The number of nitrogens with one attached hydrogen (secondary N) is 1. The van der Waals surface area contributed by atoms with E-state index in [2.05, 4.69) is 48.3 Å². The number of nitrogens with zero attached hydrogens (tertiary/aromatic N) is 5.